The fraction of sp³-hybridized carbons (Fsp3) is 0.759. The molecule has 2 N–H and O–H groups in total. The molecule has 0 saturated carbocycles. The standard InChI is InChI=1S/C29H55N2O6P/c1-6-7-8-9-10-11-12-13-14-15-16-17-18-19-20-21-22-23-29(33)28(30-27(2)32)26-37-38(34,35)36-25-24-31(3,4)5/h14-15,18-19,22-23,28-29,33H,6-13,16-17,20-21,24-26H2,1-5H3,(H-,30,32,34,35)/b15-14+,19-18+,23-22+. The Labute approximate surface area is 232 Å². The molecule has 222 valence electrons. The third kappa shape index (κ3) is 25.0. The van der Waals surface area contributed by atoms with Crippen molar-refractivity contribution in [1.29, 1.82) is 0 Å². The summed E-state index contributed by atoms with van der Waals surface area (Å²) >= 11 is 0. The number of aliphatic hydroxyl groups is 1. The van der Waals surface area contributed by atoms with Crippen molar-refractivity contribution < 1.29 is 32.9 Å². The highest BCUT2D eigenvalue weighted by Crippen LogP contribution is 2.38. The first kappa shape index (κ1) is 36.7. The van der Waals surface area contributed by atoms with Crippen molar-refractivity contribution in [2.24, 2.45) is 0 Å². The maximum atomic E-state index is 12.0. The molecule has 8 nitrogen and oxygen atoms in total. The molecule has 3 atom stereocenters. The van der Waals surface area contributed by atoms with Crippen LogP contribution in [0.4, 0.5) is 0 Å². The van der Waals surface area contributed by atoms with Gasteiger partial charge in [-0.15, -0.1) is 0 Å². The van der Waals surface area contributed by atoms with Crippen molar-refractivity contribution in [1.82, 2.24) is 5.32 Å². The molecule has 0 aliphatic heterocycles. The Kier molecular flexibility index (Phi) is 21.8. The lowest BCUT2D eigenvalue weighted by atomic mass is 10.1. The first-order valence-corrected chi connectivity index (χ1v) is 15.8. The van der Waals surface area contributed by atoms with Crippen molar-refractivity contribution in [3.8, 4) is 0 Å². The van der Waals surface area contributed by atoms with E-state index in [1.54, 1.807) is 6.08 Å². The van der Waals surface area contributed by atoms with Gasteiger partial charge in [0.05, 0.1) is 39.9 Å². The lowest BCUT2D eigenvalue weighted by Gasteiger charge is -2.29. The number of quaternary nitrogens is 1. The number of phosphoric ester groups is 1. The highest BCUT2D eigenvalue weighted by molar-refractivity contribution is 7.45. The van der Waals surface area contributed by atoms with Gasteiger partial charge in [-0.3, -0.25) is 9.36 Å². The molecule has 3 unspecified atom stereocenters. The highest BCUT2D eigenvalue weighted by atomic mass is 31.2. The number of allylic oxidation sites excluding steroid dienone is 5. The fourth-order valence-electron chi connectivity index (χ4n) is 3.57. The van der Waals surface area contributed by atoms with Crippen LogP contribution < -0.4 is 10.2 Å². The van der Waals surface area contributed by atoms with Gasteiger partial charge in [0.25, 0.3) is 7.82 Å². The van der Waals surface area contributed by atoms with E-state index >= 15 is 0 Å². The van der Waals surface area contributed by atoms with E-state index in [0.717, 1.165) is 25.7 Å². The van der Waals surface area contributed by atoms with Gasteiger partial charge in [-0.25, -0.2) is 0 Å². The van der Waals surface area contributed by atoms with Crippen LogP contribution in [0.15, 0.2) is 36.5 Å². The van der Waals surface area contributed by atoms with E-state index < -0.39 is 32.5 Å². The lowest BCUT2D eigenvalue weighted by molar-refractivity contribution is -0.870. The van der Waals surface area contributed by atoms with Gasteiger partial charge in [-0.2, -0.15) is 0 Å². The molecule has 0 rings (SSSR count). The van der Waals surface area contributed by atoms with E-state index in [4.69, 9.17) is 9.05 Å². The number of carbonyl (C=O) groups is 1. The summed E-state index contributed by atoms with van der Waals surface area (Å²) in [6.07, 6.45) is 25.3. The molecule has 38 heavy (non-hydrogen) atoms. The van der Waals surface area contributed by atoms with Crippen molar-refractivity contribution in [2.45, 2.75) is 103 Å². The Balaban J connectivity index is 4.16. The molecule has 0 aliphatic rings. The molecule has 0 bridgehead atoms. The van der Waals surface area contributed by atoms with Gasteiger partial charge in [-0.1, -0.05) is 81.9 Å². The zero-order chi connectivity index (χ0) is 28.7. The Morgan fingerprint density at radius 2 is 1.42 bits per heavy atom. The summed E-state index contributed by atoms with van der Waals surface area (Å²) in [6.45, 7) is 3.61. The van der Waals surface area contributed by atoms with Gasteiger partial charge in [0.2, 0.25) is 5.91 Å². The topological polar surface area (TPSA) is 108 Å². The average Bonchev–Trinajstić information content (AvgIpc) is 2.82. The summed E-state index contributed by atoms with van der Waals surface area (Å²) in [5.41, 5.74) is 0. The molecular formula is C29H55N2O6P. The molecule has 0 aliphatic carbocycles. The summed E-state index contributed by atoms with van der Waals surface area (Å²) < 4.78 is 22.3. The Morgan fingerprint density at radius 1 is 0.895 bits per heavy atom. The second-order valence-corrected chi connectivity index (χ2v) is 12.2. The van der Waals surface area contributed by atoms with Crippen LogP contribution in [0.5, 0.6) is 0 Å². The van der Waals surface area contributed by atoms with E-state index in [0.29, 0.717) is 11.0 Å². The molecule has 0 aromatic heterocycles. The predicted molar refractivity (Wildman–Crippen MR) is 155 cm³/mol. The summed E-state index contributed by atoms with van der Waals surface area (Å²) in [5, 5.41) is 13.0. The van der Waals surface area contributed by atoms with Crippen molar-refractivity contribution in [2.75, 3.05) is 40.9 Å². The van der Waals surface area contributed by atoms with Gasteiger partial charge in [0.1, 0.15) is 13.2 Å². The third-order valence-corrected chi connectivity index (χ3v) is 6.83. The zero-order valence-electron chi connectivity index (χ0n) is 24.6. The van der Waals surface area contributed by atoms with Crippen LogP contribution in [0, 0.1) is 0 Å². The van der Waals surface area contributed by atoms with E-state index in [1.165, 1.54) is 58.3 Å². The maximum Gasteiger partial charge on any atom is 0.268 e. The molecular weight excluding hydrogens is 503 g/mol. The van der Waals surface area contributed by atoms with E-state index in [-0.39, 0.29) is 6.61 Å². The second-order valence-electron chi connectivity index (χ2n) is 10.8. The summed E-state index contributed by atoms with van der Waals surface area (Å²) in [7, 11) is 1.21. The predicted octanol–water partition coefficient (Wildman–Crippen LogP) is 5.43. The third-order valence-electron chi connectivity index (χ3n) is 5.87. The molecule has 0 heterocycles. The van der Waals surface area contributed by atoms with Gasteiger partial charge in [0.15, 0.2) is 0 Å². The smallest absolute Gasteiger partial charge is 0.268 e. The number of unbranched alkanes of at least 4 members (excludes halogenated alkanes) is 9. The number of aliphatic hydroxyl groups excluding tert-OH is 1. The molecule has 0 spiro atoms. The molecule has 1 amide bonds. The SMILES string of the molecule is CCCCCCCCC/C=C/CC/C=C/CC/C=C/C(O)C(COP(=O)([O-])OCC[N+](C)(C)C)NC(C)=O. The highest BCUT2D eigenvalue weighted by Gasteiger charge is 2.22. The fourth-order valence-corrected chi connectivity index (χ4v) is 4.29. The summed E-state index contributed by atoms with van der Waals surface area (Å²) in [6, 6.07) is -0.906. The number of nitrogens with one attached hydrogen (secondary N) is 1. The number of carbonyl (C=O) groups excluding carboxylic acids is 1. The summed E-state index contributed by atoms with van der Waals surface area (Å²) in [5.74, 6) is -0.392. The van der Waals surface area contributed by atoms with Gasteiger partial charge in [-0.05, 0) is 38.5 Å². The quantitative estimate of drug-likeness (QED) is 0.0708. The second kappa shape index (κ2) is 22.5. The van der Waals surface area contributed by atoms with Crippen molar-refractivity contribution in [3.05, 3.63) is 36.5 Å². The first-order chi connectivity index (χ1) is 18.0. The first-order valence-electron chi connectivity index (χ1n) is 14.3. The van der Waals surface area contributed by atoms with E-state index in [1.807, 2.05) is 27.2 Å². The number of nitrogens with zero attached hydrogens (tertiary/aromatic N) is 1. The lowest BCUT2D eigenvalue weighted by Crippen LogP contribution is -2.45. The van der Waals surface area contributed by atoms with Gasteiger partial charge < -0.3 is 28.8 Å². The minimum absolute atomic E-state index is 0.0133. The minimum Gasteiger partial charge on any atom is -0.756 e. The van der Waals surface area contributed by atoms with E-state index in [2.05, 4.69) is 36.5 Å². The van der Waals surface area contributed by atoms with Crippen LogP contribution in [0.25, 0.3) is 0 Å². The zero-order valence-corrected chi connectivity index (χ0v) is 25.5. The van der Waals surface area contributed by atoms with Crippen LogP contribution in [-0.4, -0.2) is 68.5 Å². The van der Waals surface area contributed by atoms with Gasteiger partial charge >= 0.3 is 0 Å². The van der Waals surface area contributed by atoms with Crippen LogP contribution in [-0.2, 0) is 18.4 Å². The van der Waals surface area contributed by atoms with Crippen LogP contribution >= 0.6 is 7.82 Å². The average molecular weight is 559 g/mol. The normalized spacial score (nSPS) is 15.9. The monoisotopic (exact) mass is 558 g/mol. The number of hydrogen-bond donors (Lipinski definition) is 2. The number of likely N-dealkylation sites (N-methyl/N-ethyl adjacent to an activating group) is 1. The number of rotatable bonds is 24. The molecule has 9 heteroatoms. The van der Waals surface area contributed by atoms with Crippen molar-refractivity contribution in [3.63, 3.8) is 0 Å². The maximum absolute atomic E-state index is 12.0. The Bertz CT molecular complexity index is 733. The van der Waals surface area contributed by atoms with Gasteiger partial charge in [0, 0.05) is 6.92 Å². The van der Waals surface area contributed by atoms with Crippen molar-refractivity contribution >= 4 is 13.7 Å². The Hall–Kier alpha value is -1.28. The largest absolute Gasteiger partial charge is 0.756 e. The van der Waals surface area contributed by atoms with E-state index in [9.17, 15) is 19.4 Å². The molecule has 0 aromatic rings. The molecule has 0 aromatic carbocycles. The minimum atomic E-state index is -4.54. The molecule has 0 radical (unpaired) electrons. The molecule has 0 fully saturated rings. The van der Waals surface area contributed by atoms with Crippen LogP contribution in [0.1, 0.15) is 90.9 Å². The number of amides is 1. The number of hydrogen-bond acceptors (Lipinski definition) is 6. The van der Waals surface area contributed by atoms with Crippen LogP contribution in [0.3, 0.4) is 0 Å². The number of phosphoric acid groups is 1. The van der Waals surface area contributed by atoms with Crippen LogP contribution in [0.2, 0.25) is 0 Å². The Morgan fingerprint density at radius 3 is 1.97 bits per heavy atom. The summed E-state index contributed by atoms with van der Waals surface area (Å²) in [4.78, 5) is 23.5. The molecule has 0 saturated heterocycles.